The van der Waals surface area contributed by atoms with Crippen molar-refractivity contribution in [2.24, 2.45) is 0 Å². The molecule has 0 heterocycles. The second-order valence-corrected chi connectivity index (χ2v) is 6.43. The lowest BCUT2D eigenvalue weighted by Crippen LogP contribution is -1.94. The van der Waals surface area contributed by atoms with E-state index in [9.17, 15) is 0 Å². The number of hydrogen-bond donors (Lipinski definition) is 0. The number of aryl methyl sites for hydroxylation is 1. The molecule has 0 saturated carbocycles. The first-order chi connectivity index (χ1) is 10.3. The Hall–Kier alpha value is -1.86. The van der Waals surface area contributed by atoms with Crippen molar-refractivity contribution in [3.63, 3.8) is 0 Å². The van der Waals surface area contributed by atoms with E-state index in [0.717, 1.165) is 6.42 Å². The van der Waals surface area contributed by atoms with Crippen LogP contribution in [0, 0.1) is 6.92 Å². The van der Waals surface area contributed by atoms with Gasteiger partial charge in [-0.15, -0.1) is 0 Å². The van der Waals surface area contributed by atoms with Crippen LogP contribution in [0.2, 0.25) is 0 Å². The van der Waals surface area contributed by atoms with Crippen molar-refractivity contribution in [1.29, 1.82) is 0 Å². The van der Waals surface area contributed by atoms with Crippen LogP contribution in [0.3, 0.4) is 0 Å². The summed E-state index contributed by atoms with van der Waals surface area (Å²) in [6.45, 7) is 2.20. The maximum atomic E-state index is 3.71. The first-order valence-corrected chi connectivity index (χ1v) is 8.01. The maximum Gasteiger partial charge on any atom is 0.0219 e. The van der Waals surface area contributed by atoms with Gasteiger partial charge in [-0.1, -0.05) is 70.5 Å². The molecule has 0 aromatic heterocycles. The fourth-order valence-electron chi connectivity index (χ4n) is 3.33. The molecule has 1 heteroatoms. The van der Waals surface area contributed by atoms with Crippen molar-refractivity contribution < 1.29 is 0 Å². The molecule has 4 rings (SSSR count). The Morgan fingerprint density at radius 2 is 1.81 bits per heavy atom. The van der Waals surface area contributed by atoms with E-state index in [2.05, 4.69) is 83.5 Å². The molecule has 0 saturated heterocycles. The van der Waals surface area contributed by atoms with Crippen LogP contribution in [0.5, 0.6) is 0 Å². The molecule has 1 aliphatic rings. The van der Waals surface area contributed by atoms with Gasteiger partial charge in [0.05, 0.1) is 0 Å². The molecule has 0 N–H and O–H groups in total. The van der Waals surface area contributed by atoms with Crippen LogP contribution in [0.15, 0.2) is 59.1 Å². The SMILES string of the molecule is Cc1cc(Br)c2c(c1-c1cccc3ccccc13)C=CC2. The van der Waals surface area contributed by atoms with E-state index < -0.39 is 0 Å². The molecular weight excluding hydrogens is 320 g/mol. The zero-order valence-corrected chi connectivity index (χ0v) is 13.4. The molecule has 3 aromatic rings. The summed E-state index contributed by atoms with van der Waals surface area (Å²) in [7, 11) is 0. The molecule has 0 spiro atoms. The first kappa shape index (κ1) is 12.8. The normalized spacial score (nSPS) is 12.9. The van der Waals surface area contributed by atoms with Gasteiger partial charge in [-0.2, -0.15) is 0 Å². The summed E-state index contributed by atoms with van der Waals surface area (Å²) in [5.41, 5.74) is 6.81. The molecule has 21 heavy (non-hydrogen) atoms. The Labute approximate surface area is 133 Å². The van der Waals surface area contributed by atoms with E-state index in [4.69, 9.17) is 0 Å². The number of hydrogen-bond acceptors (Lipinski definition) is 0. The molecule has 0 fully saturated rings. The van der Waals surface area contributed by atoms with Crippen LogP contribution in [-0.2, 0) is 6.42 Å². The molecule has 0 unspecified atom stereocenters. The summed E-state index contributed by atoms with van der Waals surface area (Å²) >= 11 is 3.71. The largest absolute Gasteiger partial charge is 0.0794 e. The smallest absolute Gasteiger partial charge is 0.0219 e. The minimum Gasteiger partial charge on any atom is -0.0794 e. The summed E-state index contributed by atoms with van der Waals surface area (Å²) in [6.07, 6.45) is 5.54. The highest BCUT2D eigenvalue weighted by molar-refractivity contribution is 9.10. The average molecular weight is 335 g/mol. The molecule has 0 atom stereocenters. The molecular formula is C20H15Br. The van der Waals surface area contributed by atoms with Gasteiger partial charge in [0.1, 0.15) is 0 Å². The minimum atomic E-state index is 1.02. The average Bonchev–Trinajstić information content (AvgIpc) is 2.97. The Morgan fingerprint density at radius 3 is 2.71 bits per heavy atom. The molecule has 102 valence electrons. The van der Waals surface area contributed by atoms with Gasteiger partial charge in [-0.3, -0.25) is 0 Å². The van der Waals surface area contributed by atoms with Crippen LogP contribution in [0.1, 0.15) is 16.7 Å². The topological polar surface area (TPSA) is 0 Å². The van der Waals surface area contributed by atoms with Crippen molar-refractivity contribution in [2.75, 3.05) is 0 Å². The fourth-order valence-corrected chi connectivity index (χ4v) is 4.05. The van der Waals surface area contributed by atoms with Gasteiger partial charge in [0.2, 0.25) is 0 Å². The van der Waals surface area contributed by atoms with E-state index in [1.165, 1.54) is 43.1 Å². The molecule has 3 aromatic carbocycles. The second-order valence-electron chi connectivity index (χ2n) is 5.58. The monoisotopic (exact) mass is 334 g/mol. The lowest BCUT2D eigenvalue weighted by Gasteiger charge is -2.16. The fraction of sp³-hybridized carbons (Fsp3) is 0.100. The van der Waals surface area contributed by atoms with Crippen LogP contribution in [-0.4, -0.2) is 0 Å². The lowest BCUT2D eigenvalue weighted by molar-refractivity contribution is 1.27. The standard InChI is InChI=1S/C20H15Br/c1-13-12-19(21)16-9-5-11-18(16)20(13)17-10-4-7-14-6-2-3-8-15(14)17/h2-8,10-12H,9H2,1H3. The molecule has 0 aliphatic heterocycles. The summed E-state index contributed by atoms with van der Waals surface area (Å²) in [5.74, 6) is 0. The third-order valence-corrected chi connectivity index (χ3v) is 4.99. The first-order valence-electron chi connectivity index (χ1n) is 7.22. The van der Waals surface area contributed by atoms with E-state index in [0.29, 0.717) is 0 Å². The lowest BCUT2D eigenvalue weighted by atomic mass is 9.90. The third kappa shape index (κ3) is 1.96. The molecule has 0 bridgehead atoms. The van der Waals surface area contributed by atoms with Gasteiger partial charge >= 0.3 is 0 Å². The van der Waals surface area contributed by atoms with Crippen LogP contribution >= 0.6 is 15.9 Å². The molecule has 0 radical (unpaired) electrons. The molecule has 1 aliphatic carbocycles. The maximum absolute atomic E-state index is 3.71. The second kappa shape index (κ2) is 4.85. The summed E-state index contributed by atoms with van der Waals surface area (Å²) < 4.78 is 1.23. The van der Waals surface area contributed by atoms with E-state index in [-0.39, 0.29) is 0 Å². The van der Waals surface area contributed by atoms with Gasteiger partial charge in [0.15, 0.2) is 0 Å². The van der Waals surface area contributed by atoms with E-state index in [1.54, 1.807) is 0 Å². The highest BCUT2D eigenvalue weighted by Gasteiger charge is 2.18. The minimum absolute atomic E-state index is 1.02. The Bertz CT molecular complexity index is 882. The highest BCUT2D eigenvalue weighted by atomic mass is 79.9. The summed E-state index contributed by atoms with van der Waals surface area (Å²) in [5, 5.41) is 2.63. The predicted octanol–water partition coefficient (Wildman–Crippen LogP) is 6.15. The molecule has 0 amide bonds. The van der Waals surface area contributed by atoms with E-state index >= 15 is 0 Å². The van der Waals surface area contributed by atoms with Crippen molar-refractivity contribution in [3.8, 4) is 11.1 Å². The van der Waals surface area contributed by atoms with Crippen molar-refractivity contribution in [2.45, 2.75) is 13.3 Å². The number of fused-ring (bicyclic) bond motifs is 2. The van der Waals surface area contributed by atoms with Gasteiger partial charge < -0.3 is 0 Å². The quantitative estimate of drug-likeness (QED) is 0.500. The van der Waals surface area contributed by atoms with Crippen LogP contribution < -0.4 is 0 Å². The number of allylic oxidation sites excluding steroid dienone is 1. The van der Waals surface area contributed by atoms with Gasteiger partial charge in [0.25, 0.3) is 0 Å². The predicted molar refractivity (Wildman–Crippen MR) is 94.6 cm³/mol. The van der Waals surface area contributed by atoms with Crippen molar-refractivity contribution in [1.82, 2.24) is 0 Å². The Kier molecular flexibility index (Phi) is 2.97. The number of halogens is 1. The van der Waals surface area contributed by atoms with Crippen molar-refractivity contribution in [3.05, 3.63) is 75.8 Å². The van der Waals surface area contributed by atoms with Crippen LogP contribution in [0.4, 0.5) is 0 Å². The Morgan fingerprint density at radius 1 is 1.00 bits per heavy atom. The van der Waals surface area contributed by atoms with Gasteiger partial charge in [-0.05, 0) is 58.0 Å². The van der Waals surface area contributed by atoms with Crippen LogP contribution in [0.25, 0.3) is 28.0 Å². The Balaban J connectivity index is 2.11. The van der Waals surface area contributed by atoms with Gasteiger partial charge in [0, 0.05) is 4.47 Å². The zero-order chi connectivity index (χ0) is 14.4. The highest BCUT2D eigenvalue weighted by Crippen LogP contribution is 2.40. The van der Waals surface area contributed by atoms with E-state index in [1.807, 2.05) is 0 Å². The number of rotatable bonds is 1. The molecule has 0 nitrogen and oxygen atoms in total. The zero-order valence-electron chi connectivity index (χ0n) is 11.9. The summed E-state index contributed by atoms with van der Waals surface area (Å²) in [4.78, 5) is 0. The third-order valence-electron chi connectivity index (χ3n) is 4.29. The van der Waals surface area contributed by atoms with Gasteiger partial charge in [-0.25, -0.2) is 0 Å². The van der Waals surface area contributed by atoms with Crippen molar-refractivity contribution >= 4 is 32.8 Å². The number of benzene rings is 3. The summed E-state index contributed by atoms with van der Waals surface area (Å²) in [6, 6.07) is 17.5.